The maximum absolute atomic E-state index is 13.8. The predicted octanol–water partition coefficient (Wildman–Crippen LogP) is 3.46. The molecule has 3 heterocycles. The molecule has 2 aliphatic heterocycles. The van der Waals surface area contributed by atoms with E-state index in [0.717, 1.165) is 38.8 Å². The van der Waals surface area contributed by atoms with Crippen molar-refractivity contribution in [1.29, 1.82) is 0 Å². The van der Waals surface area contributed by atoms with Gasteiger partial charge in [-0.25, -0.2) is 27.1 Å². The Morgan fingerprint density at radius 2 is 1.79 bits per heavy atom. The Kier molecular flexibility index (Phi) is 8.91. The number of likely N-dealkylation sites (tertiary alicyclic amines) is 2. The van der Waals surface area contributed by atoms with Crippen LogP contribution in [-0.2, 0) is 16.6 Å². The van der Waals surface area contributed by atoms with Gasteiger partial charge in [-0.05, 0) is 70.3 Å². The topological polar surface area (TPSA) is 98.7 Å². The van der Waals surface area contributed by atoms with E-state index in [1.54, 1.807) is 20.0 Å². The summed E-state index contributed by atoms with van der Waals surface area (Å²) in [4.78, 5) is 26.7. The summed E-state index contributed by atoms with van der Waals surface area (Å²) in [6, 6.07) is 5.06. The molecule has 38 heavy (non-hydrogen) atoms. The highest BCUT2D eigenvalue weighted by Crippen LogP contribution is 2.26. The Morgan fingerprint density at radius 1 is 1.13 bits per heavy atom. The number of anilines is 1. The van der Waals surface area contributed by atoms with Crippen molar-refractivity contribution in [3.05, 3.63) is 51.7 Å². The third-order valence-corrected chi connectivity index (χ3v) is 9.36. The molecule has 1 aromatic carbocycles. The van der Waals surface area contributed by atoms with Gasteiger partial charge in [0.25, 0.3) is 5.91 Å². The van der Waals surface area contributed by atoms with E-state index in [9.17, 15) is 17.6 Å². The third-order valence-electron chi connectivity index (χ3n) is 7.71. The zero-order valence-electron chi connectivity index (χ0n) is 22.4. The molecule has 12 heteroatoms. The lowest BCUT2D eigenvalue weighted by Gasteiger charge is -2.43. The average Bonchev–Trinajstić information content (AvgIpc) is 2.89. The van der Waals surface area contributed by atoms with Gasteiger partial charge in [-0.3, -0.25) is 4.79 Å². The van der Waals surface area contributed by atoms with Crippen LogP contribution in [0.2, 0.25) is 5.02 Å². The van der Waals surface area contributed by atoms with Gasteiger partial charge in [0, 0.05) is 44.3 Å². The van der Waals surface area contributed by atoms with Crippen LogP contribution < -0.4 is 5.32 Å². The van der Waals surface area contributed by atoms with Gasteiger partial charge in [0.1, 0.15) is 23.2 Å². The van der Waals surface area contributed by atoms with Crippen molar-refractivity contribution in [3.63, 3.8) is 0 Å². The normalized spacial score (nSPS) is 18.2. The molecule has 208 valence electrons. The number of carbonyl (C=O) groups is 1. The lowest BCUT2D eigenvalue weighted by molar-refractivity contribution is 0.0542. The largest absolute Gasteiger partial charge is 0.366 e. The van der Waals surface area contributed by atoms with E-state index in [0.29, 0.717) is 54.1 Å². The fourth-order valence-electron chi connectivity index (χ4n) is 5.31. The molecule has 0 saturated carbocycles. The quantitative estimate of drug-likeness (QED) is 0.548. The summed E-state index contributed by atoms with van der Waals surface area (Å²) in [5.74, 6) is 0.445. The Morgan fingerprint density at radius 3 is 2.39 bits per heavy atom. The molecule has 0 bridgehead atoms. The number of amides is 1. The van der Waals surface area contributed by atoms with E-state index in [4.69, 9.17) is 11.6 Å². The van der Waals surface area contributed by atoms with Crippen molar-refractivity contribution in [2.75, 3.05) is 44.8 Å². The standard InChI is InChI=1S/C26H36ClFN6O3S/c1-17-24(30-18(2)31-25(17)29-16-19-5-6-22(27)23(28)15-19)26(35)34-13-9-21(10-14-34)33-11-7-20(8-12-33)32(3)38(4,36)37/h5-6,15,20-21H,7-14,16H2,1-4H3,(H,29,30,31). The first-order valence-corrected chi connectivity index (χ1v) is 15.2. The minimum atomic E-state index is -3.18. The first kappa shape index (κ1) is 28.7. The number of nitrogens with one attached hydrogen (secondary N) is 1. The van der Waals surface area contributed by atoms with Gasteiger partial charge in [0.15, 0.2) is 0 Å². The highest BCUT2D eigenvalue weighted by atomic mass is 35.5. The first-order valence-electron chi connectivity index (χ1n) is 12.9. The Labute approximate surface area is 229 Å². The van der Waals surface area contributed by atoms with Crippen LogP contribution in [0.15, 0.2) is 18.2 Å². The molecule has 0 radical (unpaired) electrons. The molecular formula is C26H36ClFN6O3S. The number of carbonyl (C=O) groups excluding carboxylic acids is 1. The van der Waals surface area contributed by atoms with Crippen molar-refractivity contribution < 1.29 is 17.6 Å². The molecular weight excluding hydrogens is 531 g/mol. The number of halogens is 2. The molecule has 2 aliphatic rings. The predicted molar refractivity (Wildman–Crippen MR) is 146 cm³/mol. The monoisotopic (exact) mass is 566 g/mol. The van der Waals surface area contributed by atoms with Gasteiger partial charge in [-0.1, -0.05) is 17.7 Å². The summed E-state index contributed by atoms with van der Waals surface area (Å²) >= 11 is 5.78. The van der Waals surface area contributed by atoms with E-state index in [1.165, 1.54) is 22.7 Å². The number of nitrogens with zero attached hydrogens (tertiary/aromatic N) is 5. The minimum absolute atomic E-state index is 0.0495. The smallest absolute Gasteiger partial charge is 0.272 e. The fourth-order valence-corrected chi connectivity index (χ4v) is 6.18. The van der Waals surface area contributed by atoms with Crippen molar-refractivity contribution in [2.24, 2.45) is 0 Å². The van der Waals surface area contributed by atoms with Crippen LogP contribution in [0.1, 0.15) is 53.1 Å². The number of sulfonamides is 1. The van der Waals surface area contributed by atoms with E-state index >= 15 is 0 Å². The second-order valence-corrected chi connectivity index (χ2v) is 12.7. The van der Waals surface area contributed by atoms with E-state index in [1.807, 2.05) is 11.8 Å². The Balaban J connectivity index is 1.34. The average molecular weight is 567 g/mol. The highest BCUT2D eigenvalue weighted by Gasteiger charge is 2.33. The van der Waals surface area contributed by atoms with E-state index in [-0.39, 0.29) is 17.0 Å². The van der Waals surface area contributed by atoms with E-state index in [2.05, 4.69) is 20.2 Å². The van der Waals surface area contributed by atoms with Crippen LogP contribution >= 0.6 is 11.6 Å². The summed E-state index contributed by atoms with van der Waals surface area (Å²) in [6.07, 6.45) is 4.64. The minimum Gasteiger partial charge on any atom is -0.366 e. The van der Waals surface area contributed by atoms with Crippen LogP contribution in [0, 0.1) is 19.7 Å². The number of benzene rings is 1. The second kappa shape index (κ2) is 11.8. The zero-order chi connectivity index (χ0) is 27.6. The van der Waals surface area contributed by atoms with Gasteiger partial charge in [0.2, 0.25) is 10.0 Å². The molecule has 0 spiro atoms. The fraction of sp³-hybridized carbons (Fsp3) is 0.577. The molecule has 0 aliphatic carbocycles. The molecule has 2 aromatic rings. The number of rotatable bonds is 7. The highest BCUT2D eigenvalue weighted by molar-refractivity contribution is 7.88. The maximum Gasteiger partial charge on any atom is 0.272 e. The van der Waals surface area contributed by atoms with E-state index < -0.39 is 15.8 Å². The molecule has 4 rings (SSSR count). The van der Waals surface area contributed by atoms with Crippen molar-refractivity contribution in [2.45, 2.75) is 58.2 Å². The second-order valence-electron chi connectivity index (χ2n) is 10.3. The van der Waals surface area contributed by atoms with Crippen LogP contribution in [0.3, 0.4) is 0 Å². The molecule has 1 amide bonds. The maximum atomic E-state index is 13.8. The summed E-state index contributed by atoms with van der Waals surface area (Å²) in [5.41, 5.74) is 1.75. The number of aromatic nitrogens is 2. The number of hydrogen-bond donors (Lipinski definition) is 1. The Hall–Kier alpha value is -2.34. The summed E-state index contributed by atoms with van der Waals surface area (Å²) in [6.45, 7) is 6.91. The van der Waals surface area contributed by atoms with Crippen LogP contribution in [0.25, 0.3) is 0 Å². The van der Waals surface area contributed by atoms with Gasteiger partial charge in [0.05, 0.1) is 11.3 Å². The molecule has 0 atom stereocenters. The Bertz CT molecular complexity index is 1280. The van der Waals surface area contributed by atoms with Crippen molar-refractivity contribution >= 4 is 33.3 Å². The first-order chi connectivity index (χ1) is 17.9. The van der Waals surface area contributed by atoms with Crippen LogP contribution in [0.5, 0.6) is 0 Å². The molecule has 0 unspecified atom stereocenters. The van der Waals surface area contributed by atoms with Gasteiger partial charge < -0.3 is 15.1 Å². The van der Waals surface area contributed by atoms with Gasteiger partial charge in [-0.2, -0.15) is 0 Å². The summed E-state index contributed by atoms with van der Waals surface area (Å²) in [7, 11) is -1.52. The van der Waals surface area contributed by atoms with Crippen molar-refractivity contribution in [1.82, 2.24) is 24.1 Å². The number of hydrogen-bond acceptors (Lipinski definition) is 7. The van der Waals surface area contributed by atoms with Crippen LogP contribution in [0.4, 0.5) is 10.2 Å². The summed E-state index contributed by atoms with van der Waals surface area (Å²) in [5, 5.41) is 3.28. The molecule has 2 saturated heterocycles. The lowest BCUT2D eigenvalue weighted by Crippen LogP contribution is -2.52. The molecule has 1 aromatic heterocycles. The summed E-state index contributed by atoms with van der Waals surface area (Å²) < 4.78 is 39.0. The number of aryl methyl sites for hydroxylation is 1. The lowest BCUT2D eigenvalue weighted by atomic mass is 9.97. The SMILES string of the molecule is Cc1nc(NCc2ccc(Cl)c(F)c2)c(C)c(C(=O)N2CCC(N3CCC(N(C)S(C)(=O)=O)CC3)CC2)n1. The molecule has 9 nitrogen and oxygen atoms in total. The number of piperidine rings is 2. The van der Waals surface area contributed by atoms with Crippen molar-refractivity contribution in [3.8, 4) is 0 Å². The third kappa shape index (κ3) is 6.62. The zero-order valence-corrected chi connectivity index (χ0v) is 23.9. The molecule has 2 fully saturated rings. The van der Waals surface area contributed by atoms with Gasteiger partial charge in [-0.15, -0.1) is 0 Å². The van der Waals surface area contributed by atoms with Crippen LogP contribution in [-0.4, -0.2) is 90.0 Å². The van der Waals surface area contributed by atoms with Gasteiger partial charge >= 0.3 is 0 Å². The molecule has 1 N–H and O–H groups in total.